The average Bonchev–Trinajstić information content (AvgIpc) is 3.76. The zero-order valence-corrected chi connectivity index (χ0v) is 22.5. The molecular formula is C27H33F2N5O3S. The maximum Gasteiger partial charge on any atom is 0.282 e. The molecule has 3 heterocycles. The molecule has 0 atom stereocenters. The number of piperidine rings is 1. The highest BCUT2D eigenvalue weighted by atomic mass is 32.2. The molecule has 6 rings (SSSR count). The van der Waals surface area contributed by atoms with Crippen LogP contribution in [0.4, 0.5) is 31.8 Å². The van der Waals surface area contributed by atoms with Gasteiger partial charge in [0.15, 0.2) is 0 Å². The summed E-state index contributed by atoms with van der Waals surface area (Å²) in [4.78, 5) is 21.6. The van der Waals surface area contributed by atoms with Crippen LogP contribution < -0.4 is 19.8 Å². The van der Waals surface area contributed by atoms with E-state index in [4.69, 9.17) is 0 Å². The second kappa shape index (κ2) is 8.53. The molecule has 2 saturated carbocycles. The Morgan fingerprint density at radius 2 is 1.66 bits per heavy atom. The number of hydrogen-bond acceptors (Lipinski definition) is 6. The van der Waals surface area contributed by atoms with Crippen LogP contribution in [0.5, 0.6) is 0 Å². The number of nitrogens with zero attached hydrogens (tertiary/aromatic N) is 3. The van der Waals surface area contributed by atoms with Gasteiger partial charge in [-0.25, -0.2) is 22.2 Å². The van der Waals surface area contributed by atoms with Crippen LogP contribution in [0, 0.1) is 12.3 Å². The lowest BCUT2D eigenvalue weighted by molar-refractivity contribution is -0.0267. The lowest BCUT2D eigenvalue weighted by Gasteiger charge is -2.39. The SMILES string of the molecule is Cc1cc(NC(=O)c2ccc(NS(=O)(=O)C3(C)CC3)cc2N2CCC3(CC2)CC3)nc(N2CC(F)(F)C2)c1. The summed E-state index contributed by atoms with van der Waals surface area (Å²) >= 11 is 0. The molecule has 38 heavy (non-hydrogen) atoms. The minimum atomic E-state index is -3.54. The normalized spacial score (nSPS) is 22.5. The van der Waals surface area contributed by atoms with Crippen molar-refractivity contribution in [1.82, 2.24) is 4.98 Å². The summed E-state index contributed by atoms with van der Waals surface area (Å²) in [5, 5.41) is 2.84. The van der Waals surface area contributed by atoms with Crippen molar-refractivity contribution in [3.05, 3.63) is 41.5 Å². The highest BCUT2D eigenvalue weighted by Gasteiger charge is 2.50. The van der Waals surface area contributed by atoms with E-state index in [0.717, 1.165) is 31.5 Å². The Balaban J connectivity index is 1.26. The lowest BCUT2D eigenvalue weighted by Crippen LogP contribution is -2.56. The minimum Gasteiger partial charge on any atom is -0.371 e. The van der Waals surface area contributed by atoms with E-state index in [1.165, 1.54) is 17.7 Å². The Bertz CT molecular complexity index is 1390. The Kier molecular flexibility index (Phi) is 5.68. The first-order valence-corrected chi connectivity index (χ1v) is 14.7. The van der Waals surface area contributed by atoms with Crippen molar-refractivity contribution in [1.29, 1.82) is 0 Å². The number of rotatable bonds is 7. The first-order valence-electron chi connectivity index (χ1n) is 13.2. The van der Waals surface area contributed by atoms with E-state index in [1.54, 1.807) is 37.3 Å². The molecule has 1 aromatic carbocycles. The number of sulfonamides is 1. The van der Waals surface area contributed by atoms with Crippen LogP contribution in [0.3, 0.4) is 0 Å². The Morgan fingerprint density at radius 1 is 0.974 bits per heavy atom. The molecule has 11 heteroatoms. The molecule has 4 fully saturated rings. The van der Waals surface area contributed by atoms with Crippen LogP contribution in [0.25, 0.3) is 0 Å². The van der Waals surface area contributed by atoms with Gasteiger partial charge in [0.25, 0.3) is 11.8 Å². The maximum atomic E-state index is 13.5. The van der Waals surface area contributed by atoms with Gasteiger partial charge >= 0.3 is 0 Å². The molecule has 204 valence electrons. The van der Waals surface area contributed by atoms with Crippen molar-refractivity contribution >= 4 is 38.9 Å². The summed E-state index contributed by atoms with van der Waals surface area (Å²) in [5.41, 5.74) is 2.76. The molecule has 1 spiro atoms. The number of benzene rings is 1. The highest BCUT2D eigenvalue weighted by Crippen LogP contribution is 2.54. The summed E-state index contributed by atoms with van der Waals surface area (Å²) < 4.78 is 54.5. The van der Waals surface area contributed by atoms with Gasteiger partial charge < -0.3 is 15.1 Å². The van der Waals surface area contributed by atoms with E-state index in [-0.39, 0.29) is 11.7 Å². The van der Waals surface area contributed by atoms with Gasteiger partial charge in [-0.15, -0.1) is 0 Å². The molecule has 2 aromatic rings. The Morgan fingerprint density at radius 3 is 2.26 bits per heavy atom. The molecule has 4 aliphatic rings. The fourth-order valence-electron chi connectivity index (χ4n) is 5.40. The number of carbonyl (C=O) groups is 1. The summed E-state index contributed by atoms with van der Waals surface area (Å²) in [6, 6.07) is 8.44. The van der Waals surface area contributed by atoms with E-state index in [0.29, 0.717) is 41.0 Å². The molecule has 1 amide bonds. The van der Waals surface area contributed by atoms with Crippen molar-refractivity contribution in [2.75, 3.05) is 46.0 Å². The molecular weight excluding hydrogens is 512 g/mol. The predicted octanol–water partition coefficient (Wildman–Crippen LogP) is 4.77. The lowest BCUT2D eigenvalue weighted by atomic mass is 9.93. The predicted molar refractivity (Wildman–Crippen MR) is 144 cm³/mol. The molecule has 2 aliphatic carbocycles. The van der Waals surface area contributed by atoms with Crippen LogP contribution in [0.2, 0.25) is 0 Å². The van der Waals surface area contributed by atoms with Crippen LogP contribution in [0.15, 0.2) is 30.3 Å². The number of aryl methyl sites for hydroxylation is 1. The molecule has 8 nitrogen and oxygen atoms in total. The minimum absolute atomic E-state index is 0.285. The van der Waals surface area contributed by atoms with E-state index in [1.807, 2.05) is 6.92 Å². The average molecular weight is 546 g/mol. The van der Waals surface area contributed by atoms with Crippen LogP contribution in [0.1, 0.15) is 61.4 Å². The van der Waals surface area contributed by atoms with Crippen LogP contribution >= 0.6 is 0 Å². The van der Waals surface area contributed by atoms with Crippen LogP contribution in [-0.2, 0) is 10.0 Å². The number of alkyl halides is 2. The number of amides is 1. The summed E-state index contributed by atoms with van der Waals surface area (Å²) in [6.07, 6.45) is 5.85. The largest absolute Gasteiger partial charge is 0.371 e. The zero-order chi connectivity index (χ0) is 26.9. The third kappa shape index (κ3) is 4.81. The number of pyridine rings is 1. The zero-order valence-electron chi connectivity index (χ0n) is 21.7. The topological polar surface area (TPSA) is 94.6 Å². The van der Waals surface area contributed by atoms with Crippen molar-refractivity contribution in [2.45, 2.75) is 63.0 Å². The fraction of sp³-hybridized carbons (Fsp3) is 0.556. The molecule has 2 saturated heterocycles. The van der Waals surface area contributed by atoms with E-state index >= 15 is 0 Å². The summed E-state index contributed by atoms with van der Waals surface area (Å²) in [6.45, 7) is 4.37. The monoisotopic (exact) mass is 545 g/mol. The summed E-state index contributed by atoms with van der Waals surface area (Å²) in [5.74, 6) is -2.42. The van der Waals surface area contributed by atoms with Gasteiger partial charge in [-0.3, -0.25) is 9.52 Å². The molecule has 0 radical (unpaired) electrons. The maximum absolute atomic E-state index is 13.5. The first kappa shape index (κ1) is 25.3. The molecule has 0 unspecified atom stereocenters. The smallest absolute Gasteiger partial charge is 0.282 e. The third-order valence-corrected chi connectivity index (χ3v) is 10.8. The Labute approximate surface area is 221 Å². The van der Waals surface area contributed by atoms with E-state index in [2.05, 4.69) is 19.9 Å². The van der Waals surface area contributed by atoms with Crippen molar-refractivity contribution in [2.24, 2.45) is 5.41 Å². The number of hydrogen-bond donors (Lipinski definition) is 2. The van der Waals surface area contributed by atoms with E-state index < -0.39 is 33.8 Å². The van der Waals surface area contributed by atoms with Gasteiger partial charge in [0.2, 0.25) is 10.0 Å². The molecule has 0 bridgehead atoms. The number of halogens is 2. The summed E-state index contributed by atoms with van der Waals surface area (Å²) in [7, 11) is -3.54. The van der Waals surface area contributed by atoms with Crippen LogP contribution in [-0.4, -0.2) is 56.2 Å². The van der Waals surface area contributed by atoms with Gasteiger partial charge in [-0.1, -0.05) is 0 Å². The fourth-order valence-corrected chi connectivity index (χ4v) is 6.73. The molecule has 1 aromatic heterocycles. The first-order chi connectivity index (χ1) is 17.9. The second-order valence-electron chi connectivity index (χ2n) is 11.8. The number of anilines is 4. The third-order valence-electron chi connectivity index (χ3n) is 8.59. The number of carbonyl (C=O) groups excluding carboxylic acids is 1. The van der Waals surface area contributed by atoms with Gasteiger partial charge in [0, 0.05) is 13.1 Å². The molecule has 2 aliphatic heterocycles. The van der Waals surface area contributed by atoms with Crippen molar-refractivity contribution in [3.8, 4) is 0 Å². The Hall–Kier alpha value is -2.95. The van der Waals surface area contributed by atoms with Crippen molar-refractivity contribution < 1.29 is 22.0 Å². The van der Waals surface area contributed by atoms with Gasteiger partial charge in [0.05, 0.1) is 34.8 Å². The standard InChI is InChI=1S/C27H33F2N5O3S/c1-18-13-22(30-23(14-18)34-16-27(28,29)17-34)31-24(35)20-4-3-19(32-38(36,37)25(2)5-6-25)15-21(20)33-11-9-26(7-8-26)10-12-33/h3-4,13-15,32H,5-12,16-17H2,1-2H3,(H,30,31,35). The van der Waals surface area contributed by atoms with E-state index in [9.17, 15) is 22.0 Å². The highest BCUT2D eigenvalue weighted by molar-refractivity contribution is 7.94. The van der Waals surface area contributed by atoms with Gasteiger partial charge in [-0.2, -0.15) is 0 Å². The molecule has 2 N–H and O–H groups in total. The van der Waals surface area contributed by atoms with Gasteiger partial charge in [0.1, 0.15) is 11.6 Å². The van der Waals surface area contributed by atoms with Crippen molar-refractivity contribution in [3.63, 3.8) is 0 Å². The number of aromatic nitrogens is 1. The van der Waals surface area contributed by atoms with Gasteiger partial charge in [-0.05, 0) is 93.7 Å². The number of nitrogens with one attached hydrogen (secondary N) is 2. The second-order valence-corrected chi connectivity index (χ2v) is 14.0. The quantitative estimate of drug-likeness (QED) is 0.521.